The van der Waals surface area contributed by atoms with Gasteiger partial charge in [-0.25, -0.2) is 4.39 Å². The Morgan fingerprint density at radius 1 is 1.24 bits per heavy atom. The average molecular weight is 284 g/mol. The maximum Gasteiger partial charge on any atom is 0.251 e. The van der Waals surface area contributed by atoms with Crippen LogP contribution in [-0.2, 0) is 6.42 Å². The summed E-state index contributed by atoms with van der Waals surface area (Å²) in [5, 5.41) is 6.20. The maximum atomic E-state index is 12.9. The van der Waals surface area contributed by atoms with E-state index < -0.39 is 0 Å². The van der Waals surface area contributed by atoms with Crippen LogP contribution in [0.5, 0.6) is 0 Å². The fourth-order valence-electron chi connectivity index (χ4n) is 2.55. The predicted molar refractivity (Wildman–Crippen MR) is 80.9 cm³/mol. The molecule has 1 aliphatic heterocycles. The fourth-order valence-corrected chi connectivity index (χ4v) is 2.55. The Bertz CT molecular complexity index is 667. The minimum atomic E-state index is -0.276. The topological polar surface area (TPSA) is 41.1 Å². The molecule has 1 aliphatic rings. The van der Waals surface area contributed by atoms with E-state index in [-0.39, 0.29) is 17.8 Å². The van der Waals surface area contributed by atoms with Crippen LogP contribution < -0.4 is 10.6 Å². The number of carbonyl (C=O) groups excluding carboxylic acids is 1. The van der Waals surface area contributed by atoms with Crippen molar-refractivity contribution in [3.05, 3.63) is 65.0 Å². The van der Waals surface area contributed by atoms with Crippen molar-refractivity contribution >= 4 is 11.6 Å². The van der Waals surface area contributed by atoms with E-state index in [0.29, 0.717) is 5.56 Å². The highest BCUT2D eigenvalue weighted by Gasteiger charge is 2.15. The second kappa shape index (κ2) is 5.56. The molecule has 1 heterocycles. The molecule has 0 fully saturated rings. The zero-order valence-electron chi connectivity index (χ0n) is 11.8. The molecule has 0 bridgehead atoms. The van der Waals surface area contributed by atoms with Crippen LogP contribution in [0.4, 0.5) is 10.1 Å². The maximum absolute atomic E-state index is 12.9. The Hall–Kier alpha value is -2.36. The van der Waals surface area contributed by atoms with Crippen LogP contribution >= 0.6 is 0 Å². The van der Waals surface area contributed by atoms with E-state index >= 15 is 0 Å². The molecule has 0 spiro atoms. The molecule has 3 nitrogen and oxygen atoms in total. The first-order chi connectivity index (χ1) is 10.1. The molecule has 3 rings (SSSR count). The summed E-state index contributed by atoms with van der Waals surface area (Å²) in [6.45, 7) is 2.81. The van der Waals surface area contributed by atoms with Gasteiger partial charge in [0.25, 0.3) is 5.91 Å². The SMILES string of the molecule is C[C@H](NC(=O)c1ccc2c(c1)NCC2)c1ccc(F)cc1. The first-order valence-corrected chi connectivity index (χ1v) is 7.06. The third kappa shape index (κ3) is 2.89. The lowest BCUT2D eigenvalue weighted by Crippen LogP contribution is -2.26. The monoisotopic (exact) mass is 284 g/mol. The standard InChI is InChI=1S/C17H17FN2O/c1-11(12-4-6-15(18)7-5-12)20-17(21)14-3-2-13-8-9-19-16(13)10-14/h2-7,10-11,19H,8-9H2,1H3,(H,20,21)/t11-/m0/s1. The highest BCUT2D eigenvalue weighted by molar-refractivity contribution is 5.95. The normalized spacial score (nSPS) is 14.2. The molecule has 0 unspecified atom stereocenters. The first-order valence-electron chi connectivity index (χ1n) is 7.06. The lowest BCUT2D eigenvalue weighted by molar-refractivity contribution is 0.0940. The number of carbonyl (C=O) groups is 1. The summed E-state index contributed by atoms with van der Waals surface area (Å²) in [4.78, 5) is 12.3. The largest absolute Gasteiger partial charge is 0.384 e. The van der Waals surface area contributed by atoms with Crippen molar-refractivity contribution in [2.75, 3.05) is 11.9 Å². The van der Waals surface area contributed by atoms with Gasteiger partial charge in [-0.05, 0) is 48.7 Å². The molecule has 4 heteroatoms. The van der Waals surface area contributed by atoms with Crippen molar-refractivity contribution in [2.24, 2.45) is 0 Å². The van der Waals surface area contributed by atoms with Crippen LogP contribution in [0, 0.1) is 5.82 Å². The average Bonchev–Trinajstić information content (AvgIpc) is 2.95. The quantitative estimate of drug-likeness (QED) is 0.908. The molecule has 0 aromatic heterocycles. The number of halogens is 1. The van der Waals surface area contributed by atoms with Crippen LogP contribution in [0.2, 0.25) is 0 Å². The molecule has 0 radical (unpaired) electrons. The molecular formula is C17H17FN2O. The Labute approximate surface area is 123 Å². The van der Waals surface area contributed by atoms with Gasteiger partial charge in [-0.3, -0.25) is 4.79 Å². The van der Waals surface area contributed by atoms with Crippen molar-refractivity contribution in [3.63, 3.8) is 0 Å². The van der Waals surface area contributed by atoms with Crippen molar-refractivity contribution in [1.82, 2.24) is 5.32 Å². The van der Waals surface area contributed by atoms with E-state index in [1.165, 1.54) is 17.7 Å². The van der Waals surface area contributed by atoms with E-state index in [2.05, 4.69) is 10.6 Å². The van der Waals surface area contributed by atoms with E-state index in [1.54, 1.807) is 12.1 Å². The van der Waals surface area contributed by atoms with Gasteiger partial charge in [-0.1, -0.05) is 18.2 Å². The number of hydrogen-bond acceptors (Lipinski definition) is 2. The molecule has 1 atom stereocenters. The summed E-state index contributed by atoms with van der Waals surface area (Å²) in [6.07, 6.45) is 1.00. The number of hydrogen-bond donors (Lipinski definition) is 2. The molecule has 2 aromatic carbocycles. The molecule has 0 aliphatic carbocycles. The molecule has 0 saturated carbocycles. The first kappa shape index (κ1) is 13.6. The van der Waals surface area contributed by atoms with E-state index in [9.17, 15) is 9.18 Å². The van der Waals surface area contributed by atoms with Crippen LogP contribution in [0.15, 0.2) is 42.5 Å². The van der Waals surface area contributed by atoms with Crippen molar-refractivity contribution in [1.29, 1.82) is 0 Å². The Kier molecular flexibility index (Phi) is 3.60. The smallest absolute Gasteiger partial charge is 0.251 e. The van der Waals surface area contributed by atoms with Gasteiger partial charge in [0.05, 0.1) is 6.04 Å². The van der Waals surface area contributed by atoms with Gasteiger partial charge < -0.3 is 10.6 Å². The number of benzene rings is 2. The molecule has 1 amide bonds. The number of amides is 1. The van der Waals surface area contributed by atoms with Crippen molar-refractivity contribution in [2.45, 2.75) is 19.4 Å². The minimum Gasteiger partial charge on any atom is -0.384 e. The molecule has 2 N–H and O–H groups in total. The van der Waals surface area contributed by atoms with Crippen LogP contribution in [-0.4, -0.2) is 12.5 Å². The summed E-state index contributed by atoms with van der Waals surface area (Å²) >= 11 is 0. The van der Waals surface area contributed by atoms with Crippen molar-refractivity contribution < 1.29 is 9.18 Å². The molecular weight excluding hydrogens is 267 g/mol. The predicted octanol–water partition coefficient (Wildman–Crippen LogP) is 3.28. The number of fused-ring (bicyclic) bond motifs is 1. The lowest BCUT2D eigenvalue weighted by Gasteiger charge is -2.15. The molecule has 108 valence electrons. The second-order valence-corrected chi connectivity index (χ2v) is 5.30. The zero-order chi connectivity index (χ0) is 14.8. The van der Waals surface area contributed by atoms with E-state index in [4.69, 9.17) is 0 Å². The summed E-state index contributed by atoms with van der Waals surface area (Å²) in [5.74, 6) is -0.398. The summed E-state index contributed by atoms with van der Waals surface area (Å²) in [5.41, 5.74) is 3.80. The van der Waals surface area contributed by atoms with Gasteiger partial charge in [0.1, 0.15) is 5.82 Å². The Morgan fingerprint density at radius 2 is 2.00 bits per heavy atom. The highest BCUT2D eigenvalue weighted by atomic mass is 19.1. The minimum absolute atomic E-state index is 0.122. The van der Waals surface area contributed by atoms with E-state index in [1.807, 2.05) is 25.1 Å². The highest BCUT2D eigenvalue weighted by Crippen LogP contribution is 2.23. The third-order valence-electron chi connectivity index (χ3n) is 3.80. The van der Waals surface area contributed by atoms with Gasteiger partial charge >= 0.3 is 0 Å². The Balaban J connectivity index is 1.72. The van der Waals surface area contributed by atoms with Gasteiger partial charge in [0.2, 0.25) is 0 Å². The van der Waals surface area contributed by atoms with Gasteiger partial charge in [0, 0.05) is 17.8 Å². The van der Waals surface area contributed by atoms with Crippen LogP contribution in [0.25, 0.3) is 0 Å². The summed E-state index contributed by atoms with van der Waals surface area (Å²) < 4.78 is 12.9. The molecule has 0 saturated heterocycles. The fraction of sp³-hybridized carbons (Fsp3) is 0.235. The molecule has 21 heavy (non-hydrogen) atoms. The summed E-state index contributed by atoms with van der Waals surface area (Å²) in [6, 6.07) is 11.7. The molecule has 2 aromatic rings. The van der Waals surface area contributed by atoms with Gasteiger partial charge in [0.15, 0.2) is 0 Å². The van der Waals surface area contributed by atoms with Gasteiger partial charge in [-0.2, -0.15) is 0 Å². The van der Waals surface area contributed by atoms with Crippen molar-refractivity contribution in [3.8, 4) is 0 Å². The van der Waals surface area contributed by atoms with Crippen LogP contribution in [0.3, 0.4) is 0 Å². The lowest BCUT2D eigenvalue weighted by atomic mass is 10.1. The second-order valence-electron chi connectivity index (χ2n) is 5.30. The summed E-state index contributed by atoms with van der Waals surface area (Å²) in [7, 11) is 0. The van der Waals surface area contributed by atoms with Crippen LogP contribution in [0.1, 0.15) is 34.5 Å². The third-order valence-corrected chi connectivity index (χ3v) is 3.80. The number of anilines is 1. The number of rotatable bonds is 3. The van der Waals surface area contributed by atoms with E-state index in [0.717, 1.165) is 24.2 Å². The Morgan fingerprint density at radius 3 is 2.76 bits per heavy atom. The van der Waals surface area contributed by atoms with Gasteiger partial charge in [-0.15, -0.1) is 0 Å². The number of nitrogens with one attached hydrogen (secondary N) is 2. The zero-order valence-corrected chi connectivity index (χ0v) is 11.8.